The van der Waals surface area contributed by atoms with Crippen molar-refractivity contribution in [3.05, 3.63) is 54.4 Å². The fourth-order valence-electron chi connectivity index (χ4n) is 4.07. The van der Waals surface area contributed by atoms with Gasteiger partial charge in [0.2, 0.25) is 11.8 Å². The molecule has 0 saturated carbocycles. The van der Waals surface area contributed by atoms with Gasteiger partial charge in [0.15, 0.2) is 0 Å². The van der Waals surface area contributed by atoms with Crippen molar-refractivity contribution in [1.82, 2.24) is 15.2 Å². The summed E-state index contributed by atoms with van der Waals surface area (Å²) in [4.78, 5) is 31.3. The number of amides is 2. The molecule has 5 nitrogen and oxygen atoms in total. The van der Waals surface area contributed by atoms with Crippen LogP contribution in [0.25, 0.3) is 11.1 Å². The first-order chi connectivity index (χ1) is 13.6. The molecule has 1 atom stereocenters. The summed E-state index contributed by atoms with van der Waals surface area (Å²) in [5.74, 6) is 0.181. The molecule has 1 aliphatic heterocycles. The first-order valence-electron chi connectivity index (χ1n) is 10.1. The van der Waals surface area contributed by atoms with E-state index in [1.165, 1.54) is 0 Å². The first-order valence-corrected chi connectivity index (χ1v) is 10.1. The maximum absolute atomic E-state index is 13.0. The minimum atomic E-state index is -0.561. The summed E-state index contributed by atoms with van der Waals surface area (Å²) < 4.78 is 0. The molecule has 148 valence electrons. The monoisotopic (exact) mass is 379 g/mol. The van der Waals surface area contributed by atoms with E-state index in [4.69, 9.17) is 0 Å². The highest BCUT2D eigenvalue weighted by atomic mass is 16.2. The molecule has 2 heterocycles. The van der Waals surface area contributed by atoms with Crippen molar-refractivity contribution < 1.29 is 9.59 Å². The number of rotatable bonds is 6. The average Bonchev–Trinajstić information content (AvgIpc) is 2.74. The SMILES string of the molecule is CCNC(=O)C1(Cc2ccc(-c3cccnc3)cc2)CCCN(C(=O)CC)C1. The second-order valence-electron chi connectivity index (χ2n) is 7.53. The summed E-state index contributed by atoms with van der Waals surface area (Å²) >= 11 is 0. The Morgan fingerprint density at radius 3 is 2.57 bits per heavy atom. The van der Waals surface area contributed by atoms with E-state index in [1.54, 1.807) is 6.20 Å². The lowest BCUT2D eigenvalue weighted by Crippen LogP contribution is -2.54. The van der Waals surface area contributed by atoms with Gasteiger partial charge in [0, 0.05) is 38.4 Å². The Morgan fingerprint density at radius 2 is 1.93 bits per heavy atom. The van der Waals surface area contributed by atoms with Gasteiger partial charge < -0.3 is 10.2 Å². The Hall–Kier alpha value is -2.69. The van der Waals surface area contributed by atoms with Gasteiger partial charge in [-0.3, -0.25) is 14.6 Å². The summed E-state index contributed by atoms with van der Waals surface area (Å²) in [6.45, 7) is 5.65. The van der Waals surface area contributed by atoms with Crippen LogP contribution >= 0.6 is 0 Å². The first kappa shape index (κ1) is 20.1. The quantitative estimate of drug-likeness (QED) is 0.836. The Balaban J connectivity index is 1.83. The molecule has 28 heavy (non-hydrogen) atoms. The van der Waals surface area contributed by atoms with E-state index in [1.807, 2.05) is 37.1 Å². The highest BCUT2D eigenvalue weighted by Crippen LogP contribution is 2.35. The van der Waals surface area contributed by atoms with Gasteiger partial charge in [0.25, 0.3) is 0 Å². The van der Waals surface area contributed by atoms with Crippen LogP contribution in [0.3, 0.4) is 0 Å². The van der Waals surface area contributed by atoms with Gasteiger partial charge in [0.05, 0.1) is 5.41 Å². The lowest BCUT2D eigenvalue weighted by atomic mass is 9.74. The Bertz CT molecular complexity index is 804. The molecular formula is C23H29N3O2. The zero-order valence-corrected chi connectivity index (χ0v) is 16.8. The number of likely N-dealkylation sites (tertiary alicyclic amines) is 1. The van der Waals surface area contributed by atoms with E-state index in [2.05, 4.69) is 34.6 Å². The molecule has 1 fully saturated rings. The number of pyridine rings is 1. The number of carbonyl (C=O) groups is 2. The molecule has 0 spiro atoms. The van der Waals surface area contributed by atoms with Crippen molar-refractivity contribution in [3.8, 4) is 11.1 Å². The number of aromatic nitrogens is 1. The van der Waals surface area contributed by atoms with E-state index in [-0.39, 0.29) is 11.8 Å². The third kappa shape index (κ3) is 4.41. The van der Waals surface area contributed by atoms with Crippen LogP contribution < -0.4 is 5.32 Å². The molecule has 1 N–H and O–H groups in total. The van der Waals surface area contributed by atoms with Crippen molar-refractivity contribution in [2.24, 2.45) is 5.41 Å². The van der Waals surface area contributed by atoms with Gasteiger partial charge in [0.1, 0.15) is 0 Å². The molecule has 0 bridgehead atoms. The fourth-order valence-corrected chi connectivity index (χ4v) is 4.07. The molecule has 2 aromatic rings. The minimum Gasteiger partial charge on any atom is -0.356 e. The smallest absolute Gasteiger partial charge is 0.228 e. The molecular weight excluding hydrogens is 350 g/mol. The van der Waals surface area contributed by atoms with Crippen LogP contribution in [-0.2, 0) is 16.0 Å². The summed E-state index contributed by atoms with van der Waals surface area (Å²) in [6, 6.07) is 12.3. The second-order valence-corrected chi connectivity index (χ2v) is 7.53. The van der Waals surface area contributed by atoms with Crippen molar-refractivity contribution in [1.29, 1.82) is 0 Å². The number of carbonyl (C=O) groups excluding carboxylic acids is 2. The van der Waals surface area contributed by atoms with Gasteiger partial charge in [-0.1, -0.05) is 37.3 Å². The Kier molecular flexibility index (Phi) is 6.45. The largest absolute Gasteiger partial charge is 0.356 e. The number of hydrogen-bond acceptors (Lipinski definition) is 3. The standard InChI is InChI=1S/C23H29N3O2/c1-3-21(27)26-14-6-12-23(17-26,22(28)25-4-2)15-18-8-10-19(11-9-18)20-7-5-13-24-16-20/h5,7-11,13,16H,3-4,6,12,14-15,17H2,1-2H3,(H,25,28). The molecule has 5 heteroatoms. The van der Waals surface area contributed by atoms with E-state index in [0.29, 0.717) is 25.9 Å². The van der Waals surface area contributed by atoms with E-state index >= 15 is 0 Å². The topological polar surface area (TPSA) is 62.3 Å². The summed E-state index contributed by atoms with van der Waals surface area (Å²) in [5, 5.41) is 3.01. The van der Waals surface area contributed by atoms with Crippen molar-refractivity contribution >= 4 is 11.8 Å². The molecule has 1 aromatic heterocycles. The van der Waals surface area contributed by atoms with E-state index in [9.17, 15) is 9.59 Å². The van der Waals surface area contributed by atoms with Gasteiger partial charge in [-0.2, -0.15) is 0 Å². The Morgan fingerprint density at radius 1 is 1.14 bits per heavy atom. The highest BCUT2D eigenvalue weighted by Gasteiger charge is 2.43. The number of nitrogens with zero attached hydrogens (tertiary/aromatic N) is 2. The van der Waals surface area contributed by atoms with Crippen LogP contribution in [0.2, 0.25) is 0 Å². The highest BCUT2D eigenvalue weighted by molar-refractivity contribution is 5.85. The lowest BCUT2D eigenvalue weighted by Gasteiger charge is -2.42. The van der Waals surface area contributed by atoms with Crippen LogP contribution in [0.4, 0.5) is 0 Å². The molecule has 1 aliphatic rings. The van der Waals surface area contributed by atoms with Gasteiger partial charge in [-0.25, -0.2) is 0 Å². The van der Waals surface area contributed by atoms with Gasteiger partial charge in [-0.15, -0.1) is 0 Å². The van der Waals surface area contributed by atoms with Crippen molar-refractivity contribution in [2.75, 3.05) is 19.6 Å². The Labute approximate surface area is 167 Å². The third-order valence-corrected chi connectivity index (χ3v) is 5.54. The fraction of sp³-hybridized carbons (Fsp3) is 0.435. The predicted octanol–water partition coefficient (Wildman–Crippen LogP) is 3.45. The van der Waals surface area contributed by atoms with E-state index in [0.717, 1.165) is 36.1 Å². The predicted molar refractivity (Wildman–Crippen MR) is 111 cm³/mol. The average molecular weight is 380 g/mol. The van der Waals surface area contributed by atoms with Crippen LogP contribution in [0.15, 0.2) is 48.8 Å². The molecule has 0 radical (unpaired) electrons. The summed E-state index contributed by atoms with van der Waals surface area (Å²) in [5.41, 5.74) is 2.74. The van der Waals surface area contributed by atoms with Crippen molar-refractivity contribution in [2.45, 2.75) is 39.5 Å². The minimum absolute atomic E-state index is 0.0555. The van der Waals surface area contributed by atoms with Gasteiger partial charge in [-0.05, 0) is 48.9 Å². The zero-order valence-electron chi connectivity index (χ0n) is 16.8. The summed E-state index contributed by atoms with van der Waals surface area (Å²) in [7, 11) is 0. The molecule has 1 saturated heterocycles. The van der Waals surface area contributed by atoms with Crippen LogP contribution in [0, 0.1) is 5.41 Å². The number of piperidine rings is 1. The molecule has 0 aliphatic carbocycles. The lowest BCUT2D eigenvalue weighted by molar-refractivity contribution is -0.141. The number of hydrogen-bond donors (Lipinski definition) is 1. The number of nitrogens with one attached hydrogen (secondary N) is 1. The van der Waals surface area contributed by atoms with Crippen LogP contribution in [0.1, 0.15) is 38.7 Å². The van der Waals surface area contributed by atoms with Crippen molar-refractivity contribution in [3.63, 3.8) is 0 Å². The molecule has 3 rings (SSSR count). The second kappa shape index (κ2) is 9.00. The molecule has 1 aromatic carbocycles. The molecule has 1 unspecified atom stereocenters. The molecule has 2 amide bonds. The van der Waals surface area contributed by atoms with Crippen LogP contribution in [-0.4, -0.2) is 41.3 Å². The van der Waals surface area contributed by atoms with E-state index < -0.39 is 5.41 Å². The normalized spacial score (nSPS) is 19.3. The van der Waals surface area contributed by atoms with Crippen LogP contribution in [0.5, 0.6) is 0 Å². The maximum atomic E-state index is 13.0. The van der Waals surface area contributed by atoms with Gasteiger partial charge >= 0.3 is 0 Å². The zero-order chi connectivity index (χ0) is 20.0. The summed E-state index contributed by atoms with van der Waals surface area (Å²) in [6.07, 6.45) is 6.39. The number of benzene rings is 1. The maximum Gasteiger partial charge on any atom is 0.228 e. The third-order valence-electron chi connectivity index (χ3n) is 5.54.